The zero-order valence-electron chi connectivity index (χ0n) is 13.8. The summed E-state index contributed by atoms with van der Waals surface area (Å²) in [7, 11) is -0.599. The molecule has 0 heterocycles. The van der Waals surface area contributed by atoms with Crippen LogP contribution in [0.25, 0.3) is 0 Å². The molecule has 5 nitrogen and oxygen atoms in total. The van der Waals surface area contributed by atoms with E-state index in [4.69, 9.17) is 0 Å². The highest BCUT2D eigenvalue weighted by Gasteiger charge is 2.16. The molecule has 2 rings (SSSR count). The van der Waals surface area contributed by atoms with Gasteiger partial charge in [0, 0.05) is 26.6 Å². The maximum absolute atomic E-state index is 13.5. The Bertz CT molecular complexity index is 866. The molecule has 25 heavy (non-hydrogen) atoms. The van der Waals surface area contributed by atoms with Crippen LogP contribution in [0.3, 0.4) is 0 Å². The fourth-order valence-corrected chi connectivity index (χ4v) is 3.00. The molecule has 0 aromatic heterocycles. The molecule has 0 aliphatic rings. The van der Waals surface area contributed by atoms with Crippen molar-refractivity contribution in [2.75, 3.05) is 19.4 Å². The van der Waals surface area contributed by atoms with Gasteiger partial charge in [-0.05, 0) is 36.2 Å². The molecular weight excluding hydrogens is 350 g/mol. The number of halogens is 2. The van der Waals surface area contributed by atoms with Crippen molar-refractivity contribution in [3.63, 3.8) is 0 Å². The molecule has 0 aliphatic heterocycles. The average molecular weight is 368 g/mol. The Morgan fingerprint density at radius 1 is 1.08 bits per heavy atom. The van der Waals surface area contributed by atoms with Gasteiger partial charge < -0.3 is 5.32 Å². The second-order valence-electron chi connectivity index (χ2n) is 5.60. The molecule has 2 aromatic rings. The number of amides is 1. The normalized spacial score (nSPS) is 11.6. The Morgan fingerprint density at radius 2 is 1.72 bits per heavy atom. The molecule has 0 fully saturated rings. The Kier molecular flexibility index (Phi) is 5.86. The first kappa shape index (κ1) is 19.0. The van der Waals surface area contributed by atoms with Crippen LogP contribution in [0.4, 0.5) is 14.5 Å². The molecule has 0 atom stereocenters. The van der Waals surface area contributed by atoms with Crippen molar-refractivity contribution in [2.45, 2.75) is 17.7 Å². The summed E-state index contributed by atoms with van der Waals surface area (Å²) in [6, 6.07) is 9.11. The number of carbonyl (C=O) groups excluding carboxylic acids is 1. The molecule has 134 valence electrons. The molecule has 0 saturated heterocycles. The second-order valence-corrected chi connectivity index (χ2v) is 7.76. The van der Waals surface area contributed by atoms with Crippen molar-refractivity contribution in [2.24, 2.45) is 0 Å². The van der Waals surface area contributed by atoms with Gasteiger partial charge in [0.1, 0.15) is 11.6 Å². The van der Waals surface area contributed by atoms with Gasteiger partial charge >= 0.3 is 0 Å². The van der Waals surface area contributed by atoms with Gasteiger partial charge in [-0.3, -0.25) is 4.79 Å². The topological polar surface area (TPSA) is 66.5 Å². The number of rotatable bonds is 6. The molecule has 0 saturated carbocycles. The third-order valence-electron chi connectivity index (χ3n) is 3.55. The van der Waals surface area contributed by atoms with Crippen LogP contribution in [-0.2, 0) is 21.2 Å². The Morgan fingerprint density at radius 3 is 2.28 bits per heavy atom. The predicted molar refractivity (Wildman–Crippen MR) is 90.6 cm³/mol. The number of nitrogens with one attached hydrogen (secondary N) is 1. The second kappa shape index (κ2) is 7.71. The van der Waals surface area contributed by atoms with Crippen molar-refractivity contribution < 1.29 is 22.0 Å². The number of hydrogen-bond acceptors (Lipinski definition) is 3. The fraction of sp³-hybridized carbons (Fsp3) is 0.235. The Hall–Kier alpha value is -2.32. The first-order valence-electron chi connectivity index (χ1n) is 7.46. The molecule has 2 aromatic carbocycles. The van der Waals surface area contributed by atoms with Crippen molar-refractivity contribution in [3.05, 3.63) is 59.7 Å². The lowest BCUT2D eigenvalue weighted by molar-refractivity contribution is -0.116. The Labute approximate surface area is 145 Å². The summed E-state index contributed by atoms with van der Waals surface area (Å²) in [6.45, 7) is 0. The molecule has 8 heteroatoms. The van der Waals surface area contributed by atoms with E-state index in [2.05, 4.69) is 5.32 Å². The summed E-state index contributed by atoms with van der Waals surface area (Å²) in [5.41, 5.74) is 0.686. The van der Waals surface area contributed by atoms with Crippen LogP contribution in [0.2, 0.25) is 0 Å². The summed E-state index contributed by atoms with van der Waals surface area (Å²) in [5, 5.41) is 2.38. The first-order chi connectivity index (χ1) is 11.7. The summed E-state index contributed by atoms with van der Waals surface area (Å²) in [6.07, 6.45) is 0.438. The maximum Gasteiger partial charge on any atom is 0.242 e. The van der Waals surface area contributed by atoms with Crippen molar-refractivity contribution in [1.82, 2.24) is 4.31 Å². The molecule has 0 unspecified atom stereocenters. The zero-order valence-corrected chi connectivity index (χ0v) is 14.6. The smallest absolute Gasteiger partial charge is 0.242 e. The van der Waals surface area contributed by atoms with Crippen LogP contribution in [-0.4, -0.2) is 32.7 Å². The van der Waals surface area contributed by atoms with Crippen molar-refractivity contribution in [3.8, 4) is 0 Å². The van der Waals surface area contributed by atoms with E-state index in [1.54, 1.807) is 12.1 Å². The van der Waals surface area contributed by atoms with Gasteiger partial charge in [-0.1, -0.05) is 12.1 Å². The van der Waals surface area contributed by atoms with Gasteiger partial charge in [0.25, 0.3) is 0 Å². The number of carbonyl (C=O) groups is 1. The minimum atomic E-state index is -3.49. The third kappa shape index (κ3) is 4.83. The van der Waals surface area contributed by atoms with E-state index in [0.717, 1.165) is 22.0 Å². The van der Waals surface area contributed by atoms with Gasteiger partial charge in [-0.25, -0.2) is 21.5 Å². The van der Waals surface area contributed by atoms with Crippen LogP contribution < -0.4 is 5.32 Å². The average Bonchev–Trinajstić information content (AvgIpc) is 2.56. The highest BCUT2D eigenvalue weighted by Crippen LogP contribution is 2.17. The summed E-state index contributed by atoms with van der Waals surface area (Å²) >= 11 is 0. The zero-order chi connectivity index (χ0) is 18.6. The van der Waals surface area contributed by atoms with Crippen molar-refractivity contribution in [1.29, 1.82) is 0 Å². The monoisotopic (exact) mass is 368 g/mol. The molecule has 0 radical (unpaired) electrons. The number of sulfonamides is 1. The summed E-state index contributed by atoms with van der Waals surface area (Å²) < 4.78 is 51.4. The van der Waals surface area contributed by atoms with Gasteiger partial charge in [0.05, 0.1) is 10.6 Å². The quantitative estimate of drug-likeness (QED) is 0.853. The highest BCUT2D eigenvalue weighted by atomic mass is 32.2. The van der Waals surface area contributed by atoms with Crippen LogP contribution in [0.5, 0.6) is 0 Å². The molecule has 1 N–H and O–H groups in total. The summed E-state index contributed by atoms with van der Waals surface area (Å²) in [5.74, 6) is -1.98. The molecule has 0 spiro atoms. The maximum atomic E-state index is 13.5. The van der Waals surface area contributed by atoms with E-state index >= 15 is 0 Å². The van der Waals surface area contributed by atoms with Gasteiger partial charge in [0.2, 0.25) is 15.9 Å². The lowest BCUT2D eigenvalue weighted by Gasteiger charge is -2.11. The number of anilines is 1. The molecular formula is C17H18F2N2O3S. The minimum Gasteiger partial charge on any atom is -0.324 e. The van der Waals surface area contributed by atoms with E-state index in [0.29, 0.717) is 12.5 Å². The predicted octanol–water partition coefficient (Wildman–Crippen LogP) is 2.79. The van der Waals surface area contributed by atoms with Gasteiger partial charge in [-0.15, -0.1) is 0 Å². The molecule has 1 amide bonds. The lowest BCUT2D eigenvalue weighted by atomic mass is 10.1. The minimum absolute atomic E-state index is 0.0800. The van der Waals surface area contributed by atoms with E-state index in [1.807, 2.05) is 0 Å². The molecule has 0 aliphatic carbocycles. The first-order valence-corrected chi connectivity index (χ1v) is 8.90. The van der Waals surface area contributed by atoms with E-state index in [9.17, 15) is 22.0 Å². The number of hydrogen-bond donors (Lipinski definition) is 1. The van der Waals surface area contributed by atoms with E-state index < -0.39 is 27.6 Å². The SMILES string of the molecule is CN(C)S(=O)(=O)c1ccc(CCC(=O)Nc2ccc(F)cc2F)cc1. The van der Waals surface area contributed by atoms with Crippen LogP contribution in [0, 0.1) is 11.6 Å². The standard InChI is InChI=1S/C17H18F2N2O3S/c1-21(2)25(23,24)14-7-3-12(4-8-14)5-10-17(22)20-16-9-6-13(18)11-15(16)19/h3-4,6-9,11H,5,10H2,1-2H3,(H,20,22). The number of nitrogens with zero attached hydrogens (tertiary/aromatic N) is 1. The van der Waals surface area contributed by atoms with Crippen molar-refractivity contribution >= 4 is 21.6 Å². The van der Waals surface area contributed by atoms with E-state index in [-0.39, 0.29) is 17.0 Å². The van der Waals surface area contributed by atoms with E-state index in [1.165, 1.54) is 26.2 Å². The largest absolute Gasteiger partial charge is 0.324 e. The van der Waals surface area contributed by atoms with Crippen LogP contribution in [0.15, 0.2) is 47.4 Å². The Balaban J connectivity index is 1.96. The van der Waals surface area contributed by atoms with Crippen LogP contribution >= 0.6 is 0 Å². The number of benzene rings is 2. The van der Waals surface area contributed by atoms with Crippen LogP contribution in [0.1, 0.15) is 12.0 Å². The summed E-state index contributed by atoms with van der Waals surface area (Å²) in [4.78, 5) is 12.0. The van der Waals surface area contributed by atoms with Gasteiger partial charge in [0.15, 0.2) is 0 Å². The molecule has 0 bridgehead atoms. The third-order valence-corrected chi connectivity index (χ3v) is 5.38. The highest BCUT2D eigenvalue weighted by molar-refractivity contribution is 7.89. The van der Waals surface area contributed by atoms with Gasteiger partial charge in [-0.2, -0.15) is 0 Å². The lowest BCUT2D eigenvalue weighted by Crippen LogP contribution is -2.22. The number of aryl methyl sites for hydroxylation is 1. The fourth-order valence-electron chi connectivity index (χ4n) is 2.10.